The molecule has 1 unspecified atom stereocenters. The standard InChI is InChI=1S/C27H25N3O2/c1-18-8-12-21(13-9-18)26-23-24(20-6-4-3-5-7-20)28-29-25(23)27(31)30(26)17-16-19-10-14-22(32-2)15-11-19/h3-15,26H,16-17H2,1-2H3,(H,28,29). The van der Waals surface area contributed by atoms with Crippen LogP contribution < -0.4 is 4.74 Å². The van der Waals surface area contributed by atoms with E-state index < -0.39 is 0 Å². The van der Waals surface area contributed by atoms with Gasteiger partial charge in [0.1, 0.15) is 11.4 Å². The Bertz CT molecular complexity index is 1230. The van der Waals surface area contributed by atoms with Crippen LogP contribution in [-0.2, 0) is 6.42 Å². The summed E-state index contributed by atoms with van der Waals surface area (Å²) in [4.78, 5) is 15.4. The van der Waals surface area contributed by atoms with Crippen molar-refractivity contribution in [2.45, 2.75) is 19.4 Å². The summed E-state index contributed by atoms with van der Waals surface area (Å²) in [5, 5.41) is 7.57. The van der Waals surface area contributed by atoms with Gasteiger partial charge in [-0.2, -0.15) is 5.10 Å². The second-order valence-corrected chi connectivity index (χ2v) is 8.14. The van der Waals surface area contributed by atoms with Crippen molar-refractivity contribution in [3.63, 3.8) is 0 Å². The molecule has 160 valence electrons. The van der Waals surface area contributed by atoms with E-state index in [9.17, 15) is 4.79 Å². The molecule has 4 aromatic rings. The highest BCUT2D eigenvalue weighted by molar-refractivity contribution is 6.00. The topological polar surface area (TPSA) is 58.2 Å². The molecule has 5 nitrogen and oxygen atoms in total. The maximum absolute atomic E-state index is 13.4. The first-order valence-electron chi connectivity index (χ1n) is 10.8. The number of carbonyl (C=O) groups is 1. The molecular formula is C27H25N3O2. The first-order valence-corrected chi connectivity index (χ1v) is 10.8. The number of aromatic nitrogens is 2. The molecule has 2 heterocycles. The molecule has 1 atom stereocenters. The number of benzene rings is 3. The molecule has 0 bridgehead atoms. The van der Waals surface area contributed by atoms with Crippen LogP contribution in [0.3, 0.4) is 0 Å². The Morgan fingerprint density at radius 1 is 0.969 bits per heavy atom. The molecule has 1 aliphatic rings. The largest absolute Gasteiger partial charge is 0.497 e. The molecule has 0 fully saturated rings. The summed E-state index contributed by atoms with van der Waals surface area (Å²) >= 11 is 0. The van der Waals surface area contributed by atoms with Gasteiger partial charge >= 0.3 is 0 Å². The van der Waals surface area contributed by atoms with Crippen molar-refractivity contribution >= 4 is 5.91 Å². The van der Waals surface area contributed by atoms with Crippen LogP contribution in [0.25, 0.3) is 11.3 Å². The van der Waals surface area contributed by atoms with Crippen LogP contribution >= 0.6 is 0 Å². The Kier molecular flexibility index (Phi) is 5.23. The van der Waals surface area contributed by atoms with E-state index in [0.717, 1.165) is 34.6 Å². The van der Waals surface area contributed by atoms with Gasteiger partial charge < -0.3 is 9.64 Å². The number of ether oxygens (including phenoxy) is 1. The molecule has 0 aliphatic carbocycles. The number of H-pyrrole nitrogens is 1. The van der Waals surface area contributed by atoms with Gasteiger partial charge in [-0.1, -0.05) is 72.3 Å². The smallest absolute Gasteiger partial charge is 0.273 e. The van der Waals surface area contributed by atoms with Crippen LogP contribution in [0.4, 0.5) is 0 Å². The van der Waals surface area contributed by atoms with E-state index in [4.69, 9.17) is 4.74 Å². The van der Waals surface area contributed by atoms with Crippen LogP contribution in [0.2, 0.25) is 0 Å². The average molecular weight is 424 g/mol. The van der Waals surface area contributed by atoms with Crippen LogP contribution in [0.15, 0.2) is 78.9 Å². The minimum absolute atomic E-state index is 0.00577. The van der Waals surface area contributed by atoms with Gasteiger partial charge in [-0.25, -0.2) is 0 Å². The number of nitrogens with one attached hydrogen (secondary N) is 1. The van der Waals surface area contributed by atoms with Gasteiger partial charge in [-0.15, -0.1) is 0 Å². The first-order chi connectivity index (χ1) is 15.7. The highest BCUT2D eigenvalue weighted by Gasteiger charge is 2.41. The predicted octanol–water partition coefficient (Wildman–Crippen LogP) is 5.18. The second-order valence-electron chi connectivity index (χ2n) is 8.14. The molecular weight excluding hydrogens is 398 g/mol. The van der Waals surface area contributed by atoms with E-state index >= 15 is 0 Å². The highest BCUT2D eigenvalue weighted by Crippen LogP contribution is 2.42. The van der Waals surface area contributed by atoms with E-state index in [1.54, 1.807) is 7.11 Å². The zero-order valence-corrected chi connectivity index (χ0v) is 18.2. The maximum atomic E-state index is 13.4. The Labute approximate surface area is 187 Å². The molecule has 1 amide bonds. The Balaban J connectivity index is 1.52. The van der Waals surface area contributed by atoms with Crippen molar-refractivity contribution in [2.24, 2.45) is 0 Å². The van der Waals surface area contributed by atoms with E-state index in [0.29, 0.717) is 12.2 Å². The Morgan fingerprint density at radius 3 is 2.38 bits per heavy atom. The number of carbonyl (C=O) groups excluding carboxylic acids is 1. The fourth-order valence-corrected chi connectivity index (χ4v) is 4.38. The number of fused-ring (bicyclic) bond motifs is 1. The van der Waals surface area contributed by atoms with Crippen LogP contribution in [0.5, 0.6) is 5.75 Å². The highest BCUT2D eigenvalue weighted by atomic mass is 16.5. The minimum atomic E-state index is -0.176. The molecule has 32 heavy (non-hydrogen) atoms. The zero-order valence-electron chi connectivity index (χ0n) is 18.2. The molecule has 0 saturated heterocycles. The number of hydrogen-bond acceptors (Lipinski definition) is 3. The van der Waals surface area contributed by atoms with Crippen molar-refractivity contribution < 1.29 is 9.53 Å². The van der Waals surface area contributed by atoms with Gasteiger partial charge in [0, 0.05) is 17.7 Å². The van der Waals surface area contributed by atoms with Gasteiger partial charge in [0.2, 0.25) is 0 Å². The number of nitrogens with zero attached hydrogens (tertiary/aromatic N) is 2. The lowest BCUT2D eigenvalue weighted by atomic mass is 9.95. The number of aromatic amines is 1. The molecule has 3 aromatic carbocycles. The van der Waals surface area contributed by atoms with Gasteiger partial charge in [0.15, 0.2) is 0 Å². The number of rotatable bonds is 6. The van der Waals surface area contributed by atoms with E-state index in [1.807, 2.05) is 47.4 Å². The third kappa shape index (κ3) is 3.56. The van der Waals surface area contributed by atoms with Crippen LogP contribution in [0.1, 0.15) is 38.8 Å². The summed E-state index contributed by atoms with van der Waals surface area (Å²) in [5.74, 6) is 0.825. The van der Waals surface area contributed by atoms with Gasteiger partial charge in [0.25, 0.3) is 5.91 Å². The first kappa shape index (κ1) is 20.1. The number of methoxy groups -OCH3 is 1. The summed E-state index contributed by atoms with van der Waals surface area (Å²) in [6.07, 6.45) is 0.760. The molecule has 5 heteroatoms. The van der Waals surface area contributed by atoms with E-state index in [1.165, 1.54) is 11.1 Å². The second kappa shape index (κ2) is 8.35. The van der Waals surface area contributed by atoms with Crippen LogP contribution in [0, 0.1) is 6.92 Å². The lowest BCUT2D eigenvalue weighted by Crippen LogP contribution is -2.31. The van der Waals surface area contributed by atoms with Crippen molar-refractivity contribution in [1.29, 1.82) is 0 Å². The third-order valence-electron chi connectivity index (χ3n) is 6.10. The molecule has 0 spiro atoms. The lowest BCUT2D eigenvalue weighted by Gasteiger charge is -2.26. The summed E-state index contributed by atoms with van der Waals surface area (Å²) in [6.45, 7) is 2.68. The van der Waals surface area contributed by atoms with Crippen molar-refractivity contribution in [2.75, 3.05) is 13.7 Å². The molecule has 0 saturated carbocycles. The van der Waals surface area contributed by atoms with Crippen molar-refractivity contribution in [3.05, 3.63) is 107 Å². The molecule has 5 rings (SSSR count). The zero-order chi connectivity index (χ0) is 22.1. The number of aryl methyl sites for hydroxylation is 1. The maximum Gasteiger partial charge on any atom is 0.273 e. The summed E-state index contributed by atoms with van der Waals surface area (Å²) in [7, 11) is 1.66. The lowest BCUT2D eigenvalue weighted by molar-refractivity contribution is 0.0746. The van der Waals surface area contributed by atoms with Gasteiger partial charge in [-0.05, 0) is 36.6 Å². The monoisotopic (exact) mass is 423 g/mol. The number of hydrogen-bond donors (Lipinski definition) is 1. The fourth-order valence-electron chi connectivity index (χ4n) is 4.38. The molecule has 1 aromatic heterocycles. The molecule has 0 radical (unpaired) electrons. The fraction of sp³-hybridized carbons (Fsp3) is 0.185. The predicted molar refractivity (Wildman–Crippen MR) is 125 cm³/mol. The third-order valence-corrected chi connectivity index (χ3v) is 6.10. The quantitative estimate of drug-likeness (QED) is 0.465. The Morgan fingerprint density at radius 2 is 1.69 bits per heavy atom. The van der Waals surface area contributed by atoms with Crippen LogP contribution in [-0.4, -0.2) is 34.7 Å². The minimum Gasteiger partial charge on any atom is -0.497 e. The Hall–Kier alpha value is -3.86. The van der Waals surface area contributed by atoms with E-state index in [2.05, 4.69) is 53.5 Å². The summed E-state index contributed by atoms with van der Waals surface area (Å²) in [5.41, 5.74) is 6.84. The van der Waals surface area contributed by atoms with Crippen molar-refractivity contribution in [1.82, 2.24) is 15.1 Å². The van der Waals surface area contributed by atoms with E-state index in [-0.39, 0.29) is 11.9 Å². The summed E-state index contributed by atoms with van der Waals surface area (Å²) < 4.78 is 5.26. The van der Waals surface area contributed by atoms with Gasteiger partial charge in [0.05, 0.1) is 18.8 Å². The van der Waals surface area contributed by atoms with Crippen molar-refractivity contribution in [3.8, 4) is 17.0 Å². The SMILES string of the molecule is COc1ccc(CCN2C(=O)c3[nH]nc(-c4ccccc4)c3C2c2ccc(C)cc2)cc1. The van der Waals surface area contributed by atoms with Gasteiger partial charge in [-0.3, -0.25) is 9.89 Å². The normalized spacial score (nSPS) is 15.1. The summed E-state index contributed by atoms with van der Waals surface area (Å²) in [6, 6.07) is 26.3. The number of amides is 1. The average Bonchev–Trinajstić information content (AvgIpc) is 3.38. The molecule has 1 N–H and O–H groups in total. The molecule has 1 aliphatic heterocycles.